The first-order chi connectivity index (χ1) is 8.29. The summed E-state index contributed by atoms with van der Waals surface area (Å²) in [4.78, 5) is 0. The van der Waals surface area contributed by atoms with Gasteiger partial charge in [-0.1, -0.05) is 30.3 Å². The summed E-state index contributed by atoms with van der Waals surface area (Å²) in [6, 6.07) is 15.7. The van der Waals surface area contributed by atoms with Crippen molar-refractivity contribution in [1.29, 1.82) is 0 Å². The van der Waals surface area contributed by atoms with E-state index >= 15 is 0 Å². The van der Waals surface area contributed by atoms with Gasteiger partial charge in [-0.3, -0.25) is 0 Å². The second-order valence-corrected chi connectivity index (χ2v) is 3.71. The molecule has 1 unspecified atom stereocenters. The highest BCUT2D eigenvalue weighted by atomic mass is 19.1. The van der Waals surface area contributed by atoms with Crippen molar-refractivity contribution in [3.8, 4) is 5.75 Å². The molecule has 2 aromatic carbocycles. The van der Waals surface area contributed by atoms with E-state index in [-0.39, 0.29) is 11.9 Å². The van der Waals surface area contributed by atoms with E-state index in [2.05, 4.69) is 0 Å². The van der Waals surface area contributed by atoms with E-state index < -0.39 is 0 Å². The van der Waals surface area contributed by atoms with Crippen molar-refractivity contribution in [2.45, 2.75) is 6.10 Å². The molecule has 2 rings (SSSR count). The summed E-state index contributed by atoms with van der Waals surface area (Å²) in [6.45, 7) is 0.376. The van der Waals surface area contributed by atoms with E-state index in [1.54, 1.807) is 12.1 Å². The topological polar surface area (TPSA) is 35.2 Å². The Morgan fingerprint density at radius 1 is 1.00 bits per heavy atom. The maximum absolute atomic E-state index is 12.7. The van der Waals surface area contributed by atoms with Crippen LogP contribution in [-0.4, -0.2) is 6.54 Å². The first-order valence-electron chi connectivity index (χ1n) is 5.47. The van der Waals surface area contributed by atoms with Gasteiger partial charge in [0.05, 0.1) is 0 Å². The zero-order valence-corrected chi connectivity index (χ0v) is 9.34. The molecular weight excluding hydrogens is 217 g/mol. The predicted octanol–water partition coefficient (Wildman–Crippen LogP) is 2.90. The number of rotatable bonds is 4. The summed E-state index contributed by atoms with van der Waals surface area (Å²) in [7, 11) is 0. The maximum atomic E-state index is 12.7. The smallest absolute Gasteiger partial charge is 0.136 e. The number of nitrogens with two attached hydrogens (primary N) is 1. The van der Waals surface area contributed by atoms with Crippen LogP contribution < -0.4 is 10.5 Å². The maximum Gasteiger partial charge on any atom is 0.136 e. The molecule has 0 aliphatic carbocycles. The lowest BCUT2D eigenvalue weighted by Crippen LogP contribution is -2.18. The van der Waals surface area contributed by atoms with Crippen LogP contribution in [-0.2, 0) is 0 Å². The predicted molar refractivity (Wildman–Crippen MR) is 65.3 cm³/mol. The average Bonchev–Trinajstić information content (AvgIpc) is 2.39. The van der Waals surface area contributed by atoms with Crippen LogP contribution in [0.15, 0.2) is 54.6 Å². The van der Waals surface area contributed by atoms with Gasteiger partial charge in [-0.2, -0.15) is 0 Å². The van der Waals surface area contributed by atoms with Gasteiger partial charge in [0.1, 0.15) is 17.7 Å². The van der Waals surface area contributed by atoms with E-state index in [0.29, 0.717) is 12.3 Å². The molecule has 0 amide bonds. The van der Waals surface area contributed by atoms with Gasteiger partial charge in [0.2, 0.25) is 0 Å². The highest BCUT2D eigenvalue weighted by molar-refractivity contribution is 5.25. The van der Waals surface area contributed by atoms with Gasteiger partial charge < -0.3 is 10.5 Å². The highest BCUT2D eigenvalue weighted by Crippen LogP contribution is 2.21. The van der Waals surface area contributed by atoms with Crippen molar-refractivity contribution in [3.05, 3.63) is 66.0 Å². The lowest BCUT2D eigenvalue weighted by atomic mass is 10.1. The highest BCUT2D eigenvalue weighted by Gasteiger charge is 2.10. The van der Waals surface area contributed by atoms with Crippen molar-refractivity contribution in [3.63, 3.8) is 0 Å². The van der Waals surface area contributed by atoms with Crippen molar-refractivity contribution >= 4 is 0 Å². The molecule has 0 aromatic heterocycles. The third-order valence-electron chi connectivity index (χ3n) is 2.48. The number of benzene rings is 2. The van der Waals surface area contributed by atoms with Crippen LogP contribution in [0.2, 0.25) is 0 Å². The summed E-state index contributed by atoms with van der Waals surface area (Å²) >= 11 is 0. The zero-order chi connectivity index (χ0) is 12.1. The largest absolute Gasteiger partial charge is 0.484 e. The van der Waals surface area contributed by atoms with Crippen molar-refractivity contribution in [2.24, 2.45) is 5.73 Å². The molecule has 1 atom stereocenters. The van der Waals surface area contributed by atoms with E-state index in [1.807, 2.05) is 30.3 Å². The molecule has 2 aromatic rings. The first kappa shape index (κ1) is 11.6. The van der Waals surface area contributed by atoms with Crippen LogP contribution >= 0.6 is 0 Å². The Morgan fingerprint density at radius 3 is 2.24 bits per heavy atom. The molecule has 0 heterocycles. The fourth-order valence-electron chi connectivity index (χ4n) is 1.60. The molecule has 0 bridgehead atoms. The van der Waals surface area contributed by atoms with E-state index in [4.69, 9.17) is 10.5 Å². The summed E-state index contributed by atoms with van der Waals surface area (Å²) in [5.41, 5.74) is 6.70. The van der Waals surface area contributed by atoms with E-state index in [1.165, 1.54) is 12.1 Å². The van der Waals surface area contributed by atoms with E-state index in [9.17, 15) is 4.39 Å². The molecule has 0 aliphatic heterocycles. The van der Waals surface area contributed by atoms with Crippen molar-refractivity contribution in [1.82, 2.24) is 0 Å². The van der Waals surface area contributed by atoms with Crippen LogP contribution in [0.4, 0.5) is 4.39 Å². The minimum absolute atomic E-state index is 0.207. The number of hydrogen-bond donors (Lipinski definition) is 1. The van der Waals surface area contributed by atoms with E-state index in [0.717, 1.165) is 5.56 Å². The van der Waals surface area contributed by atoms with Gasteiger partial charge in [-0.05, 0) is 29.8 Å². The molecule has 2 N–H and O–H groups in total. The normalized spacial score (nSPS) is 12.1. The monoisotopic (exact) mass is 231 g/mol. The lowest BCUT2D eigenvalue weighted by molar-refractivity contribution is 0.214. The first-order valence-corrected chi connectivity index (χ1v) is 5.47. The van der Waals surface area contributed by atoms with Crippen LogP contribution in [0.25, 0.3) is 0 Å². The third-order valence-corrected chi connectivity index (χ3v) is 2.48. The molecule has 0 spiro atoms. The fourth-order valence-corrected chi connectivity index (χ4v) is 1.60. The Morgan fingerprint density at radius 2 is 1.65 bits per heavy atom. The summed E-state index contributed by atoms with van der Waals surface area (Å²) < 4.78 is 18.5. The standard InChI is InChI=1S/C14H14FNO/c15-12-6-8-13(9-7-12)17-14(10-16)11-4-2-1-3-5-11/h1-9,14H,10,16H2. The molecule has 17 heavy (non-hydrogen) atoms. The SMILES string of the molecule is NCC(Oc1ccc(F)cc1)c1ccccc1. The van der Waals surface area contributed by atoms with Gasteiger partial charge in [-0.25, -0.2) is 4.39 Å². The molecule has 88 valence electrons. The zero-order valence-electron chi connectivity index (χ0n) is 9.34. The molecule has 0 radical (unpaired) electrons. The van der Waals surface area contributed by atoms with Gasteiger partial charge in [0.15, 0.2) is 0 Å². The molecule has 3 heteroatoms. The van der Waals surface area contributed by atoms with Crippen LogP contribution in [0.3, 0.4) is 0 Å². The lowest BCUT2D eigenvalue weighted by Gasteiger charge is -2.17. The number of halogens is 1. The quantitative estimate of drug-likeness (QED) is 0.878. The summed E-state index contributed by atoms with van der Waals surface area (Å²) in [6.07, 6.45) is -0.207. The minimum Gasteiger partial charge on any atom is -0.484 e. The molecule has 0 saturated carbocycles. The van der Waals surface area contributed by atoms with Gasteiger partial charge in [-0.15, -0.1) is 0 Å². The Hall–Kier alpha value is -1.87. The Balaban J connectivity index is 2.13. The van der Waals surface area contributed by atoms with Crippen LogP contribution in [0.5, 0.6) is 5.75 Å². The molecule has 0 saturated heterocycles. The van der Waals surface area contributed by atoms with Gasteiger partial charge >= 0.3 is 0 Å². The van der Waals surface area contributed by atoms with Crippen LogP contribution in [0, 0.1) is 5.82 Å². The molecule has 0 aliphatic rings. The Bertz CT molecular complexity index is 455. The Kier molecular flexibility index (Phi) is 3.73. The molecule has 0 fully saturated rings. The third kappa shape index (κ3) is 3.04. The van der Waals surface area contributed by atoms with Crippen molar-refractivity contribution in [2.75, 3.05) is 6.54 Å². The van der Waals surface area contributed by atoms with Crippen LogP contribution in [0.1, 0.15) is 11.7 Å². The van der Waals surface area contributed by atoms with Crippen molar-refractivity contribution < 1.29 is 9.13 Å². The molecular formula is C14H14FNO. The fraction of sp³-hybridized carbons (Fsp3) is 0.143. The summed E-state index contributed by atoms with van der Waals surface area (Å²) in [5, 5.41) is 0. The Labute approximate surface area is 99.8 Å². The second-order valence-electron chi connectivity index (χ2n) is 3.71. The van der Waals surface area contributed by atoms with Gasteiger partial charge in [0, 0.05) is 6.54 Å². The number of ether oxygens (including phenoxy) is 1. The number of hydrogen-bond acceptors (Lipinski definition) is 2. The van der Waals surface area contributed by atoms with Gasteiger partial charge in [0.25, 0.3) is 0 Å². The summed E-state index contributed by atoms with van der Waals surface area (Å²) in [5.74, 6) is 0.340. The molecule has 2 nitrogen and oxygen atoms in total. The minimum atomic E-state index is -0.277. The second kappa shape index (κ2) is 5.46. The average molecular weight is 231 g/mol.